The molecule has 4 nitrogen and oxygen atoms in total. The van der Waals surface area contributed by atoms with Crippen LogP contribution in [0.3, 0.4) is 0 Å². The number of para-hydroxylation sites is 1. The molecule has 0 unspecified atom stereocenters. The van der Waals surface area contributed by atoms with E-state index >= 15 is 0 Å². The summed E-state index contributed by atoms with van der Waals surface area (Å²) < 4.78 is 5.50. The van der Waals surface area contributed by atoms with Crippen LogP contribution in [0.5, 0.6) is 0 Å². The predicted molar refractivity (Wildman–Crippen MR) is 64.3 cm³/mol. The summed E-state index contributed by atoms with van der Waals surface area (Å²) in [6.45, 7) is 0. The Morgan fingerprint density at radius 1 is 1.35 bits per heavy atom. The molecule has 1 aliphatic rings. The van der Waals surface area contributed by atoms with Crippen LogP contribution in [-0.2, 0) is 10.2 Å². The van der Waals surface area contributed by atoms with Crippen LogP contribution in [0.15, 0.2) is 34.9 Å². The first-order valence-electron chi connectivity index (χ1n) is 5.72. The minimum atomic E-state index is -0.393. The van der Waals surface area contributed by atoms with E-state index in [-0.39, 0.29) is 5.91 Å². The Kier molecular flexibility index (Phi) is 2.19. The lowest BCUT2D eigenvalue weighted by molar-refractivity contribution is -0.124. The number of amides is 1. The molecule has 1 aromatic carbocycles. The molecule has 0 spiro atoms. The third-order valence-corrected chi connectivity index (χ3v) is 3.42. The fraction of sp³-hybridized carbons (Fsp3) is 0.308. The maximum atomic E-state index is 12.1. The van der Waals surface area contributed by atoms with Crippen LogP contribution in [0.4, 0.5) is 0 Å². The van der Waals surface area contributed by atoms with E-state index < -0.39 is 5.41 Å². The van der Waals surface area contributed by atoms with Gasteiger partial charge >= 0.3 is 0 Å². The fourth-order valence-corrected chi connectivity index (χ4v) is 2.33. The van der Waals surface area contributed by atoms with E-state index in [9.17, 15) is 4.79 Å². The van der Waals surface area contributed by atoms with Gasteiger partial charge in [0.2, 0.25) is 5.91 Å². The molecule has 1 heterocycles. The molecule has 0 bridgehead atoms. The lowest BCUT2D eigenvalue weighted by Gasteiger charge is -2.13. The normalized spacial score (nSPS) is 17.0. The second-order valence-electron chi connectivity index (χ2n) is 4.43. The number of benzene rings is 1. The standard InChI is InChI=1S/C13H14N2O2/c1-14-15-12(16)13(6-7-13)10-8-17-11-5-3-2-4-9(10)11/h2-5,8,14H,6-7H2,1H3,(H,15,16). The number of furan rings is 1. The van der Waals surface area contributed by atoms with Crippen LogP contribution >= 0.6 is 0 Å². The number of nitrogens with one attached hydrogen (secondary N) is 2. The van der Waals surface area contributed by atoms with E-state index in [1.807, 2.05) is 24.3 Å². The van der Waals surface area contributed by atoms with Crippen LogP contribution in [-0.4, -0.2) is 13.0 Å². The maximum Gasteiger partial charge on any atom is 0.244 e. The topological polar surface area (TPSA) is 54.3 Å². The van der Waals surface area contributed by atoms with Gasteiger partial charge < -0.3 is 4.42 Å². The molecule has 88 valence electrons. The van der Waals surface area contributed by atoms with Crippen LogP contribution in [0.25, 0.3) is 11.0 Å². The van der Waals surface area contributed by atoms with Gasteiger partial charge in [0, 0.05) is 18.0 Å². The molecule has 1 fully saturated rings. The largest absolute Gasteiger partial charge is 0.464 e. The highest BCUT2D eigenvalue weighted by Gasteiger charge is 2.52. The molecule has 1 aliphatic carbocycles. The van der Waals surface area contributed by atoms with E-state index in [2.05, 4.69) is 10.9 Å². The summed E-state index contributed by atoms with van der Waals surface area (Å²) in [6.07, 6.45) is 3.47. The lowest BCUT2D eigenvalue weighted by Crippen LogP contribution is -2.41. The van der Waals surface area contributed by atoms with Gasteiger partial charge in [0.15, 0.2) is 0 Å². The quantitative estimate of drug-likeness (QED) is 0.789. The van der Waals surface area contributed by atoms with Crippen molar-refractivity contribution in [3.8, 4) is 0 Å². The van der Waals surface area contributed by atoms with Crippen molar-refractivity contribution in [2.75, 3.05) is 7.05 Å². The Hall–Kier alpha value is -1.81. The molecule has 3 rings (SSSR count). The van der Waals surface area contributed by atoms with E-state index in [0.29, 0.717) is 0 Å². The van der Waals surface area contributed by atoms with Gasteiger partial charge in [-0.3, -0.25) is 10.2 Å². The first-order chi connectivity index (χ1) is 8.28. The van der Waals surface area contributed by atoms with E-state index in [0.717, 1.165) is 29.4 Å². The van der Waals surface area contributed by atoms with Gasteiger partial charge in [-0.1, -0.05) is 18.2 Å². The minimum absolute atomic E-state index is 0.0200. The van der Waals surface area contributed by atoms with Crippen molar-refractivity contribution in [2.45, 2.75) is 18.3 Å². The molecule has 0 radical (unpaired) electrons. The summed E-state index contributed by atoms with van der Waals surface area (Å²) in [6, 6.07) is 7.82. The SMILES string of the molecule is CNNC(=O)C1(c2coc3ccccc23)CC1. The molecule has 17 heavy (non-hydrogen) atoms. The van der Waals surface area contributed by atoms with E-state index in [1.165, 1.54) is 0 Å². The van der Waals surface area contributed by atoms with Gasteiger partial charge in [-0.2, -0.15) is 0 Å². The van der Waals surface area contributed by atoms with Crippen molar-refractivity contribution < 1.29 is 9.21 Å². The highest BCUT2D eigenvalue weighted by Crippen LogP contribution is 2.50. The van der Waals surface area contributed by atoms with E-state index in [1.54, 1.807) is 13.3 Å². The average molecular weight is 230 g/mol. The highest BCUT2D eigenvalue weighted by atomic mass is 16.3. The van der Waals surface area contributed by atoms with Gasteiger partial charge in [-0.25, -0.2) is 5.43 Å². The van der Waals surface area contributed by atoms with Crippen LogP contribution < -0.4 is 10.9 Å². The Labute approximate surface area is 99.0 Å². The minimum Gasteiger partial charge on any atom is -0.464 e. The highest BCUT2D eigenvalue weighted by molar-refractivity contribution is 5.96. The van der Waals surface area contributed by atoms with Crippen molar-refractivity contribution in [1.29, 1.82) is 0 Å². The Balaban J connectivity index is 2.07. The zero-order valence-corrected chi connectivity index (χ0v) is 9.62. The van der Waals surface area contributed by atoms with Crippen LogP contribution in [0.2, 0.25) is 0 Å². The predicted octanol–water partition coefficient (Wildman–Crippen LogP) is 1.72. The molecule has 1 saturated carbocycles. The number of carbonyl (C=O) groups excluding carboxylic acids is 1. The second kappa shape index (κ2) is 3.60. The molecule has 0 saturated heterocycles. The molecular formula is C13H14N2O2. The number of hydrogen-bond donors (Lipinski definition) is 2. The first kappa shape index (κ1) is 10.4. The molecule has 2 N–H and O–H groups in total. The molecule has 1 aromatic heterocycles. The van der Waals surface area contributed by atoms with Crippen molar-refractivity contribution in [3.63, 3.8) is 0 Å². The molecular weight excluding hydrogens is 216 g/mol. The van der Waals surface area contributed by atoms with Gasteiger partial charge in [-0.05, 0) is 18.9 Å². The van der Waals surface area contributed by atoms with Crippen molar-refractivity contribution in [2.24, 2.45) is 0 Å². The third-order valence-electron chi connectivity index (χ3n) is 3.42. The number of fused-ring (bicyclic) bond motifs is 1. The number of hydrazine groups is 1. The van der Waals surface area contributed by atoms with E-state index in [4.69, 9.17) is 4.42 Å². The van der Waals surface area contributed by atoms with Crippen molar-refractivity contribution in [3.05, 3.63) is 36.1 Å². The molecule has 0 atom stereocenters. The molecule has 2 aromatic rings. The third kappa shape index (κ3) is 1.45. The summed E-state index contributed by atoms with van der Waals surface area (Å²) >= 11 is 0. The summed E-state index contributed by atoms with van der Waals surface area (Å²) in [5, 5.41) is 1.04. The number of carbonyl (C=O) groups is 1. The van der Waals surface area contributed by atoms with Crippen molar-refractivity contribution >= 4 is 16.9 Å². The first-order valence-corrected chi connectivity index (χ1v) is 5.72. The summed E-state index contributed by atoms with van der Waals surface area (Å²) in [7, 11) is 1.70. The van der Waals surface area contributed by atoms with Gasteiger partial charge in [0.05, 0.1) is 11.7 Å². The van der Waals surface area contributed by atoms with Gasteiger partial charge in [-0.15, -0.1) is 0 Å². The summed E-state index contributed by atoms with van der Waals surface area (Å²) in [5.41, 5.74) is 6.81. The van der Waals surface area contributed by atoms with Crippen LogP contribution in [0.1, 0.15) is 18.4 Å². The van der Waals surface area contributed by atoms with Gasteiger partial charge in [0.1, 0.15) is 5.58 Å². The zero-order chi connectivity index (χ0) is 11.9. The second-order valence-corrected chi connectivity index (χ2v) is 4.43. The average Bonchev–Trinajstić information content (AvgIpc) is 3.04. The Bertz CT molecular complexity index is 570. The maximum absolute atomic E-state index is 12.1. The fourth-order valence-electron chi connectivity index (χ4n) is 2.33. The Morgan fingerprint density at radius 2 is 2.12 bits per heavy atom. The number of rotatable bonds is 3. The smallest absolute Gasteiger partial charge is 0.244 e. The molecule has 4 heteroatoms. The number of hydrogen-bond acceptors (Lipinski definition) is 3. The zero-order valence-electron chi connectivity index (χ0n) is 9.62. The lowest BCUT2D eigenvalue weighted by atomic mass is 9.95. The summed E-state index contributed by atoms with van der Waals surface area (Å²) in [4.78, 5) is 12.1. The summed E-state index contributed by atoms with van der Waals surface area (Å²) in [5.74, 6) is 0.0200. The monoisotopic (exact) mass is 230 g/mol. The van der Waals surface area contributed by atoms with Crippen LogP contribution in [0, 0.1) is 0 Å². The molecule has 0 aliphatic heterocycles. The Morgan fingerprint density at radius 3 is 2.82 bits per heavy atom. The van der Waals surface area contributed by atoms with Crippen molar-refractivity contribution in [1.82, 2.24) is 10.9 Å². The molecule has 1 amide bonds. The van der Waals surface area contributed by atoms with Gasteiger partial charge in [0.25, 0.3) is 0 Å².